The standard InChI is InChI=1S/C13H20F2N6O/c14-13(15)7-3-1-2-6-10(13)16-12(22)21-8-4-5-9(21)11-17-19-20-18-11/h9-10H,1-8H2,(H,16,22)(H,17,18,19,20). The number of tetrazole rings is 1. The molecule has 0 aromatic carbocycles. The molecule has 3 rings (SSSR count). The highest BCUT2D eigenvalue weighted by Gasteiger charge is 2.42. The Kier molecular flexibility index (Phi) is 4.21. The molecule has 0 spiro atoms. The van der Waals surface area contributed by atoms with Gasteiger partial charge >= 0.3 is 6.03 Å². The second-order valence-electron chi connectivity index (χ2n) is 5.98. The number of hydrogen-bond acceptors (Lipinski definition) is 4. The SMILES string of the molecule is O=C(NC1CCCCCC1(F)F)N1CCCC1c1nn[nH]n1. The summed E-state index contributed by atoms with van der Waals surface area (Å²) >= 11 is 0. The largest absolute Gasteiger partial charge is 0.329 e. The second kappa shape index (κ2) is 6.13. The zero-order valence-corrected chi connectivity index (χ0v) is 12.3. The van der Waals surface area contributed by atoms with Crippen molar-refractivity contribution in [3.05, 3.63) is 5.82 Å². The summed E-state index contributed by atoms with van der Waals surface area (Å²) in [6.45, 7) is 0.517. The van der Waals surface area contributed by atoms with Crippen LogP contribution in [0.5, 0.6) is 0 Å². The Hall–Kier alpha value is -1.80. The van der Waals surface area contributed by atoms with Gasteiger partial charge in [0.2, 0.25) is 0 Å². The van der Waals surface area contributed by atoms with Gasteiger partial charge < -0.3 is 10.2 Å². The molecule has 2 aliphatic rings. The lowest BCUT2D eigenvalue weighted by molar-refractivity contribution is -0.0404. The topological polar surface area (TPSA) is 86.8 Å². The van der Waals surface area contributed by atoms with Crippen molar-refractivity contribution < 1.29 is 13.6 Å². The van der Waals surface area contributed by atoms with Gasteiger partial charge in [-0.1, -0.05) is 18.1 Å². The van der Waals surface area contributed by atoms with Gasteiger partial charge in [-0.15, -0.1) is 10.2 Å². The summed E-state index contributed by atoms with van der Waals surface area (Å²) < 4.78 is 28.1. The van der Waals surface area contributed by atoms with Crippen molar-refractivity contribution in [1.82, 2.24) is 30.8 Å². The molecule has 0 bridgehead atoms. The van der Waals surface area contributed by atoms with E-state index in [2.05, 4.69) is 25.9 Å². The highest BCUT2D eigenvalue weighted by molar-refractivity contribution is 5.75. The third-order valence-corrected chi connectivity index (χ3v) is 4.48. The van der Waals surface area contributed by atoms with Crippen molar-refractivity contribution >= 4 is 6.03 Å². The Morgan fingerprint density at radius 1 is 1.27 bits per heavy atom. The fraction of sp³-hybridized carbons (Fsp3) is 0.846. The first-order valence-electron chi connectivity index (χ1n) is 7.76. The van der Waals surface area contributed by atoms with E-state index in [1.807, 2.05) is 0 Å². The van der Waals surface area contributed by atoms with Gasteiger partial charge in [0.15, 0.2) is 5.82 Å². The average molecular weight is 314 g/mol. The molecule has 2 amide bonds. The first-order valence-corrected chi connectivity index (χ1v) is 7.76. The summed E-state index contributed by atoms with van der Waals surface area (Å²) in [5, 5.41) is 16.2. The molecule has 2 unspecified atom stereocenters. The summed E-state index contributed by atoms with van der Waals surface area (Å²) in [4.78, 5) is 13.9. The number of aromatic amines is 1. The van der Waals surface area contributed by atoms with Gasteiger partial charge in [-0.05, 0) is 25.7 Å². The van der Waals surface area contributed by atoms with Crippen LogP contribution in [0, 0.1) is 0 Å². The highest BCUT2D eigenvalue weighted by atomic mass is 19.3. The zero-order valence-electron chi connectivity index (χ0n) is 12.3. The Balaban J connectivity index is 1.68. The van der Waals surface area contributed by atoms with Gasteiger partial charge in [0.25, 0.3) is 5.92 Å². The van der Waals surface area contributed by atoms with Crippen molar-refractivity contribution in [3.63, 3.8) is 0 Å². The molecule has 9 heteroatoms. The predicted molar refractivity (Wildman–Crippen MR) is 73.2 cm³/mol. The number of aromatic nitrogens is 4. The number of carbonyl (C=O) groups excluding carboxylic acids is 1. The first-order chi connectivity index (χ1) is 10.6. The highest BCUT2D eigenvalue weighted by Crippen LogP contribution is 2.34. The number of urea groups is 1. The molecule has 1 aliphatic heterocycles. The van der Waals surface area contributed by atoms with E-state index in [0.717, 1.165) is 19.3 Å². The number of nitrogens with one attached hydrogen (secondary N) is 2. The molecule has 7 nitrogen and oxygen atoms in total. The molecule has 0 radical (unpaired) electrons. The van der Waals surface area contributed by atoms with E-state index in [0.29, 0.717) is 31.6 Å². The second-order valence-corrected chi connectivity index (χ2v) is 5.98. The van der Waals surface area contributed by atoms with Crippen molar-refractivity contribution in [2.75, 3.05) is 6.54 Å². The van der Waals surface area contributed by atoms with Gasteiger partial charge in [0.05, 0.1) is 12.1 Å². The van der Waals surface area contributed by atoms with Gasteiger partial charge in [-0.25, -0.2) is 13.6 Å². The Morgan fingerprint density at radius 2 is 2.14 bits per heavy atom. The number of amides is 2. The molecular formula is C13H20F2N6O. The Bertz CT molecular complexity index is 509. The Labute approximate surface area is 126 Å². The fourth-order valence-electron chi connectivity index (χ4n) is 3.27. The number of nitrogens with zero attached hydrogens (tertiary/aromatic N) is 4. The van der Waals surface area contributed by atoms with Crippen LogP contribution in [-0.2, 0) is 0 Å². The van der Waals surface area contributed by atoms with Crippen molar-refractivity contribution in [1.29, 1.82) is 0 Å². The van der Waals surface area contributed by atoms with Crippen LogP contribution in [0.15, 0.2) is 0 Å². The van der Waals surface area contributed by atoms with Crippen molar-refractivity contribution in [2.45, 2.75) is 63.0 Å². The van der Waals surface area contributed by atoms with Crippen molar-refractivity contribution in [3.8, 4) is 0 Å². The summed E-state index contributed by atoms with van der Waals surface area (Å²) in [5.41, 5.74) is 0. The lowest BCUT2D eigenvalue weighted by Gasteiger charge is -2.29. The van der Waals surface area contributed by atoms with Gasteiger partial charge in [0, 0.05) is 13.0 Å². The molecule has 2 N–H and O–H groups in total. The van der Waals surface area contributed by atoms with Crippen molar-refractivity contribution in [2.24, 2.45) is 0 Å². The van der Waals surface area contributed by atoms with Crippen LogP contribution in [-0.4, -0.2) is 50.1 Å². The average Bonchev–Trinajstić information content (AvgIpc) is 3.13. The zero-order chi connectivity index (χ0) is 15.6. The van der Waals surface area contributed by atoms with Gasteiger partial charge in [-0.2, -0.15) is 5.21 Å². The van der Waals surface area contributed by atoms with E-state index in [9.17, 15) is 13.6 Å². The lowest BCUT2D eigenvalue weighted by atomic mass is 10.1. The van der Waals surface area contributed by atoms with E-state index < -0.39 is 18.0 Å². The smallest absolute Gasteiger partial charge is 0.318 e. The number of alkyl halides is 2. The molecule has 1 saturated heterocycles. The maximum atomic E-state index is 14.1. The summed E-state index contributed by atoms with van der Waals surface area (Å²) in [7, 11) is 0. The van der Waals surface area contributed by atoms with Crippen LogP contribution < -0.4 is 5.32 Å². The molecule has 1 saturated carbocycles. The lowest BCUT2D eigenvalue weighted by Crippen LogP contribution is -2.51. The molecular weight excluding hydrogens is 294 g/mol. The number of carbonyl (C=O) groups is 1. The van der Waals surface area contributed by atoms with Crippen LogP contribution in [0.3, 0.4) is 0 Å². The van der Waals surface area contributed by atoms with Crippen LogP contribution in [0.2, 0.25) is 0 Å². The van der Waals surface area contributed by atoms with Crippen LogP contribution in [0.1, 0.15) is 56.8 Å². The van der Waals surface area contributed by atoms with E-state index in [1.165, 1.54) is 4.90 Å². The molecule has 122 valence electrons. The summed E-state index contributed by atoms with van der Waals surface area (Å²) in [6.07, 6.45) is 3.69. The number of likely N-dealkylation sites (tertiary alicyclic amines) is 1. The van der Waals surface area contributed by atoms with Crippen LogP contribution in [0.4, 0.5) is 13.6 Å². The molecule has 1 aliphatic carbocycles. The monoisotopic (exact) mass is 314 g/mol. The maximum Gasteiger partial charge on any atom is 0.318 e. The van der Waals surface area contributed by atoms with E-state index in [-0.39, 0.29) is 12.5 Å². The Morgan fingerprint density at radius 3 is 2.91 bits per heavy atom. The van der Waals surface area contributed by atoms with Crippen LogP contribution in [0.25, 0.3) is 0 Å². The number of halogens is 2. The minimum absolute atomic E-state index is 0.160. The third kappa shape index (κ3) is 3.02. The van der Waals surface area contributed by atoms with Crippen LogP contribution >= 0.6 is 0 Å². The summed E-state index contributed by atoms with van der Waals surface area (Å²) in [5.74, 6) is -2.41. The molecule has 2 heterocycles. The summed E-state index contributed by atoms with van der Waals surface area (Å²) in [6, 6.07) is -1.84. The number of hydrogen-bond donors (Lipinski definition) is 2. The minimum atomic E-state index is -2.84. The normalized spacial score (nSPS) is 28.4. The minimum Gasteiger partial charge on any atom is -0.329 e. The molecule has 2 atom stereocenters. The predicted octanol–water partition coefficient (Wildman–Crippen LogP) is 2.01. The number of rotatable bonds is 2. The number of H-pyrrole nitrogens is 1. The van der Waals surface area contributed by atoms with E-state index in [4.69, 9.17) is 0 Å². The molecule has 1 aromatic rings. The van der Waals surface area contributed by atoms with E-state index >= 15 is 0 Å². The first kappa shape index (κ1) is 15.1. The maximum absolute atomic E-state index is 14.1. The molecule has 2 fully saturated rings. The quantitative estimate of drug-likeness (QED) is 0.818. The van der Waals surface area contributed by atoms with E-state index in [1.54, 1.807) is 0 Å². The third-order valence-electron chi connectivity index (χ3n) is 4.48. The molecule has 1 aromatic heterocycles. The molecule has 22 heavy (non-hydrogen) atoms. The fourth-order valence-corrected chi connectivity index (χ4v) is 3.27. The van der Waals surface area contributed by atoms with Gasteiger partial charge in [-0.3, -0.25) is 0 Å². The van der Waals surface area contributed by atoms with Gasteiger partial charge in [0.1, 0.15) is 0 Å².